The average Bonchev–Trinajstić information content (AvgIpc) is 2.19. The SMILES string of the molecule is O=C(O)c1cc(F)ccc1N/C=C/[N+](=O)[O-]. The lowest BCUT2D eigenvalue weighted by Crippen LogP contribution is -2.03. The zero-order valence-corrected chi connectivity index (χ0v) is 7.88. The summed E-state index contributed by atoms with van der Waals surface area (Å²) >= 11 is 0. The number of nitrogens with one attached hydrogen (secondary N) is 1. The molecule has 0 radical (unpaired) electrons. The molecule has 1 aromatic rings. The minimum Gasteiger partial charge on any atom is -0.478 e. The fourth-order valence-electron chi connectivity index (χ4n) is 1.01. The van der Waals surface area contributed by atoms with Crippen molar-refractivity contribution in [3.05, 3.63) is 52.1 Å². The van der Waals surface area contributed by atoms with Crippen molar-refractivity contribution in [3.63, 3.8) is 0 Å². The maximum Gasteiger partial charge on any atom is 0.337 e. The van der Waals surface area contributed by atoms with Crippen molar-refractivity contribution >= 4 is 11.7 Å². The first-order valence-electron chi connectivity index (χ1n) is 4.10. The highest BCUT2D eigenvalue weighted by Gasteiger charge is 2.10. The van der Waals surface area contributed by atoms with Gasteiger partial charge < -0.3 is 10.4 Å². The van der Waals surface area contributed by atoms with Gasteiger partial charge in [-0.1, -0.05) is 0 Å². The average molecular weight is 226 g/mol. The molecule has 0 aromatic heterocycles. The van der Waals surface area contributed by atoms with Gasteiger partial charge in [-0.25, -0.2) is 9.18 Å². The molecule has 6 nitrogen and oxygen atoms in total. The molecular weight excluding hydrogens is 219 g/mol. The number of anilines is 1. The molecule has 2 N–H and O–H groups in total. The van der Waals surface area contributed by atoms with Crippen LogP contribution in [0, 0.1) is 15.9 Å². The molecule has 7 heteroatoms. The van der Waals surface area contributed by atoms with Crippen LogP contribution in [0.3, 0.4) is 0 Å². The lowest BCUT2D eigenvalue weighted by atomic mass is 10.2. The number of hydrogen-bond acceptors (Lipinski definition) is 4. The maximum absolute atomic E-state index is 12.7. The lowest BCUT2D eigenvalue weighted by molar-refractivity contribution is -0.402. The van der Waals surface area contributed by atoms with Crippen LogP contribution >= 0.6 is 0 Å². The van der Waals surface area contributed by atoms with E-state index in [2.05, 4.69) is 5.32 Å². The van der Waals surface area contributed by atoms with Gasteiger partial charge in [0.15, 0.2) is 0 Å². The van der Waals surface area contributed by atoms with Crippen LogP contribution in [0.15, 0.2) is 30.6 Å². The summed E-state index contributed by atoms with van der Waals surface area (Å²) in [6, 6.07) is 3.06. The first kappa shape index (κ1) is 11.6. The summed E-state index contributed by atoms with van der Waals surface area (Å²) in [5.74, 6) is -2.02. The molecule has 1 aromatic carbocycles. The molecule has 0 heterocycles. The first-order chi connectivity index (χ1) is 7.50. The van der Waals surface area contributed by atoms with Gasteiger partial charge in [-0.3, -0.25) is 10.1 Å². The smallest absolute Gasteiger partial charge is 0.337 e. The van der Waals surface area contributed by atoms with Gasteiger partial charge in [0.05, 0.1) is 22.4 Å². The number of hydrogen-bond donors (Lipinski definition) is 2. The Hall–Kier alpha value is -2.44. The fraction of sp³-hybridized carbons (Fsp3) is 0. The molecule has 1 rings (SSSR count). The van der Waals surface area contributed by atoms with Crippen LogP contribution in [-0.2, 0) is 0 Å². The van der Waals surface area contributed by atoms with E-state index in [9.17, 15) is 19.3 Å². The van der Waals surface area contributed by atoms with Crippen molar-refractivity contribution in [2.45, 2.75) is 0 Å². The molecule has 0 amide bonds. The summed E-state index contributed by atoms with van der Waals surface area (Å²) in [7, 11) is 0. The minimum atomic E-state index is -1.32. The Morgan fingerprint density at radius 2 is 2.25 bits per heavy atom. The number of carboxylic acids is 1. The Kier molecular flexibility index (Phi) is 3.54. The zero-order valence-electron chi connectivity index (χ0n) is 7.88. The van der Waals surface area contributed by atoms with Gasteiger partial charge in [0.25, 0.3) is 0 Å². The van der Waals surface area contributed by atoms with E-state index in [1.165, 1.54) is 6.07 Å². The van der Waals surface area contributed by atoms with E-state index in [1.807, 2.05) is 0 Å². The Bertz CT molecular complexity index is 459. The standard InChI is InChI=1S/C9H7FN2O4/c10-6-1-2-8(7(5-6)9(13)14)11-3-4-12(15)16/h1-5,11H,(H,13,14)/b4-3+. The first-order valence-corrected chi connectivity index (χ1v) is 4.10. The monoisotopic (exact) mass is 226 g/mol. The van der Waals surface area contributed by atoms with Gasteiger partial charge in [0.1, 0.15) is 5.82 Å². The van der Waals surface area contributed by atoms with Gasteiger partial charge in [0, 0.05) is 0 Å². The van der Waals surface area contributed by atoms with E-state index >= 15 is 0 Å². The largest absolute Gasteiger partial charge is 0.478 e. The predicted octanol–water partition coefficient (Wildman–Crippen LogP) is 1.68. The molecule has 0 saturated heterocycles. The Labute approximate surface area is 89.2 Å². The second-order valence-corrected chi connectivity index (χ2v) is 2.74. The minimum absolute atomic E-state index is 0.0759. The number of halogens is 1. The molecule has 0 aliphatic rings. The Balaban J connectivity index is 2.95. The Morgan fingerprint density at radius 3 is 2.81 bits per heavy atom. The van der Waals surface area contributed by atoms with Crippen LogP contribution in [0.2, 0.25) is 0 Å². The molecule has 0 atom stereocenters. The highest BCUT2D eigenvalue weighted by atomic mass is 19.1. The number of carbonyl (C=O) groups is 1. The van der Waals surface area contributed by atoms with E-state index in [-0.39, 0.29) is 11.3 Å². The van der Waals surface area contributed by atoms with Crippen LogP contribution in [-0.4, -0.2) is 16.0 Å². The maximum atomic E-state index is 12.7. The molecule has 0 bridgehead atoms. The zero-order chi connectivity index (χ0) is 12.1. The second-order valence-electron chi connectivity index (χ2n) is 2.74. The summed E-state index contributed by atoms with van der Waals surface area (Å²) in [6.45, 7) is 0. The van der Waals surface area contributed by atoms with Crippen molar-refractivity contribution in [2.75, 3.05) is 5.32 Å². The van der Waals surface area contributed by atoms with Gasteiger partial charge in [0.2, 0.25) is 6.20 Å². The van der Waals surface area contributed by atoms with Gasteiger partial charge in [-0.05, 0) is 18.2 Å². The molecule has 0 spiro atoms. The van der Waals surface area contributed by atoms with Crippen molar-refractivity contribution in [1.29, 1.82) is 0 Å². The molecule has 0 fully saturated rings. The van der Waals surface area contributed by atoms with E-state index < -0.39 is 16.7 Å². The highest BCUT2D eigenvalue weighted by molar-refractivity contribution is 5.94. The van der Waals surface area contributed by atoms with Crippen molar-refractivity contribution in [2.24, 2.45) is 0 Å². The van der Waals surface area contributed by atoms with Crippen LogP contribution in [0.25, 0.3) is 0 Å². The molecule has 0 aliphatic carbocycles. The van der Waals surface area contributed by atoms with E-state index in [1.54, 1.807) is 0 Å². The summed E-state index contributed by atoms with van der Waals surface area (Å²) in [6.07, 6.45) is 1.56. The summed E-state index contributed by atoms with van der Waals surface area (Å²) in [4.78, 5) is 20.0. The number of carboxylic acid groups (broad SMARTS) is 1. The number of benzene rings is 1. The third-order valence-electron chi connectivity index (χ3n) is 1.65. The quantitative estimate of drug-likeness (QED) is 0.601. The van der Waals surface area contributed by atoms with Crippen LogP contribution in [0.4, 0.5) is 10.1 Å². The van der Waals surface area contributed by atoms with E-state index in [0.717, 1.165) is 18.3 Å². The molecule has 16 heavy (non-hydrogen) atoms. The second kappa shape index (κ2) is 4.87. The fourth-order valence-corrected chi connectivity index (χ4v) is 1.01. The summed E-state index contributed by atoms with van der Waals surface area (Å²) in [5.41, 5.74) is -0.222. The third-order valence-corrected chi connectivity index (χ3v) is 1.65. The van der Waals surface area contributed by atoms with Crippen LogP contribution in [0.1, 0.15) is 10.4 Å². The summed E-state index contributed by atoms with van der Waals surface area (Å²) in [5, 5.41) is 21.1. The lowest BCUT2D eigenvalue weighted by Gasteiger charge is -2.04. The van der Waals surface area contributed by atoms with Crippen LogP contribution < -0.4 is 5.32 Å². The van der Waals surface area contributed by atoms with Crippen molar-refractivity contribution < 1.29 is 19.2 Å². The number of nitro groups is 1. The number of rotatable bonds is 4. The molecule has 0 unspecified atom stereocenters. The highest BCUT2D eigenvalue weighted by Crippen LogP contribution is 2.16. The van der Waals surface area contributed by atoms with Gasteiger partial charge in [-0.15, -0.1) is 0 Å². The third kappa shape index (κ3) is 3.05. The molecule has 0 saturated carbocycles. The van der Waals surface area contributed by atoms with Crippen molar-refractivity contribution in [3.8, 4) is 0 Å². The van der Waals surface area contributed by atoms with Crippen LogP contribution in [0.5, 0.6) is 0 Å². The number of nitrogens with zero attached hydrogens (tertiary/aromatic N) is 1. The molecule has 0 aliphatic heterocycles. The van der Waals surface area contributed by atoms with Crippen molar-refractivity contribution in [1.82, 2.24) is 0 Å². The van der Waals surface area contributed by atoms with E-state index in [4.69, 9.17) is 5.11 Å². The molecule has 84 valence electrons. The topological polar surface area (TPSA) is 92.5 Å². The predicted molar refractivity (Wildman–Crippen MR) is 53.1 cm³/mol. The van der Waals surface area contributed by atoms with Gasteiger partial charge in [-0.2, -0.15) is 0 Å². The molecular formula is C9H7FN2O4. The van der Waals surface area contributed by atoms with Gasteiger partial charge >= 0.3 is 5.97 Å². The normalized spacial score (nSPS) is 10.3. The van der Waals surface area contributed by atoms with E-state index in [0.29, 0.717) is 6.20 Å². The number of aromatic carboxylic acids is 1. The Morgan fingerprint density at radius 1 is 1.56 bits per heavy atom. The summed E-state index contributed by atoms with van der Waals surface area (Å²) < 4.78 is 12.7.